The minimum absolute atomic E-state index is 0.233. The third-order valence-corrected chi connectivity index (χ3v) is 3.62. The van der Waals surface area contributed by atoms with Crippen molar-refractivity contribution in [1.82, 2.24) is 0 Å². The maximum absolute atomic E-state index is 12.6. The topological polar surface area (TPSA) is 55.4 Å². The zero-order chi connectivity index (χ0) is 18.8. The van der Waals surface area contributed by atoms with E-state index in [0.29, 0.717) is 0 Å². The van der Waals surface area contributed by atoms with Crippen LogP contribution in [0, 0.1) is 0 Å². The number of hydrogen-bond donors (Lipinski definition) is 1. The number of anilines is 1. The van der Waals surface area contributed by atoms with E-state index in [1.807, 2.05) is 0 Å². The fourth-order valence-corrected chi connectivity index (χ4v) is 1.83. The summed E-state index contributed by atoms with van der Waals surface area (Å²) in [4.78, 5) is 0. The number of benzene rings is 1. The number of halogens is 8. The average molecular weight is 387 g/mol. The first-order valence-electron chi connectivity index (χ1n) is 5.92. The Morgan fingerprint density at radius 2 is 1.42 bits per heavy atom. The highest BCUT2D eigenvalue weighted by molar-refractivity contribution is 7.93. The van der Waals surface area contributed by atoms with Gasteiger partial charge >= 0.3 is 27.6 Å². The second-order valence-corrected chi connectivity index (χ2v) is 6.05. The second kappa shape index (κ2) is 6.61. The average Bonchev–Trinajstić information content (AvgIpc) is 2.37. The number of ether oxygens (including phenoxy) is 1. The molecule has 1 aromatic rings. The molecule has 4 nitrogen and oxygen atoms in total. The van der Waals surface area contributed by atoms with E-state index >= 15 is 0 Å². The van der Waals surface area contributed by atoms with Crippen LogP contribution < -0.4 is 9.46 Å². The van der Waals surface area contributed by atoms with Gasteiger partial charge in [-0.1, -0.05) is 0 Å². The van der Waals surface area contributed by atoms with Gasteiger partial charge < -0.3 is 4.74 Å². The van der Waals surface area contributed by atoms with Crippen molar-refractivity contribution in [2.45, 2.75) is 24.0 Å². The van der Waals surface area contributed by atoms with E-state index in [9.17, 15) is 43.5 Å². The lowest BCUT2D eigenvalue weighted by Gasteiger charge is -2.19. The molecule has 13 heteroatoms. The third kappa shape index (κ3) is 5.11. The Bertz CT molecular complexity index is 651. The first-order valence-corrected chi connectivity index (χ1v) is 7.40. The van der Waals surface area contributed by atoms with E-state index in [0.717, 1.165) is 24.3 Å². The van der Waals surface area contributed by atoms with Crippen molar-refractivity contribution in [3.05, 3.63) is 24.3 Å². The standard InChI is InChI=1S/C11H9F8NO3S/c12-9(13,10(14,15)16)5-6-23-8-3-1-7(2-4-8)20-24(21,22)11(17,18)19/h1-4,20H,5-6H2. The van der Waals surface area contributed by atoms with Crippen molar-refractivity contribution in [2.75, 3.05) is 11.3 Å². The van der Waals surface area contributed by atoms with Crippen molar-refractivity contribution in [3.8, 4) is 5.75 Å². The third-order valence-electron chi connectivity index (χ3n) is 2.51. The molecule has 0 aliphatic carbocycles. The van der Waals surface area contributed by atoms with E-state index in [1.165, 1.54) is 4.72 Å². The van der Waals surface area contributed by atoms with Crippen LogP contribution in [0.3, 0.4) is 0 Å². The normalized spacial score (nSPS) is 13.7. The predicted octanol–water partition coefficient (Wildman–Crippen LogP) is 3.91. The van der Waals surface area contributed by atoms with Gasteiger partial charge in [0.25, 0.3) is 0 Å². The van der Waals surface area contributed by atoms with Gasteiger partial charge in [0.1, 0.15) is 5.75 Å². The Kier molecular flexibility index (Phi) is 5.58. The lowest BCUT2D eigenvalue weighted by atomic mass is 10.2. The lowest BCUT2D eigenvalue weighted by Crippen LogP contribution is -2.37. The molecule has 1 N–H and O–H groups in total. The van der Waals surface area contributed by atoms with Crippen LogP contribution in [0.25, 0.3) is 0 Å². The second-order valence-electron chi connectivity index (χ2n) is 4.38. The quantitative estimate of drug-likeness (QED) is 0.753. The molecule has 0 amide bonds. The lowest BCUT2D eigenvalue weighted by molar-refractivity contribution is -0.285. The van der Waals surface area contributed by atoms with Gasteiger partial charge in [0.15, 0.2) is 0 Å². The molecule has 1 rings (SSSR count). The van der Waals surface area contributed by atoms with E-state index in [1.54, 1.807) is 0 Å². The molecule has 0 radical (unpaired) electrons. The maximum atomic E-state index is 12.6. The predicted molar refractivity (Wildman–Crippen MR) is 66.2 cm³/mol. The fourth-order valence-electron chi connectivity index (χ4n) is 1.27. The minimum Gasteiger partial charge on any atom is -0.493 e. The number of alkyl halides is 8. The molecule has 0 saturated heterocycles. The summed E-state index contributed by atoms with van der Waals surface area (Å²) in [6.07, 6.45) is -7.38. The smallest absolute Gasteiger partial charge is 0.493 e. The van der Waals surface area contributed by atoms with Crippen LogP contribution in [-0.2, 0) is 10.0 Å². The van der Waals surface area contributed by atoms with Gasteiger partial charge in [-0.05, 0) is 24.3 Å². The van der Waals surface area contributed by atoms with Crippen molar-refractivity contribution < 1.29 is 48.3 Å². The van der Waals surface area contributed by atoms with Crippen molar-refractivity contribution in [2.24, 2.45) is 0 Å². The zero-order valence-electron chi connectivity index (χ0n) is 11.4. The Balaban J connectivity index is 2.64. The van der Waals surface area contributed by atoms with Crippen molar-refractivity contribution >= 4 is 15.7 Å². The van der Waals surface area contributed by atoms with Gasteiger partial charge in [0, 0.05) is 5.69 Å². The van der Waals surface area contributed by atoms with Crippen LogP contribution in [0.1, 0.15) is 6.42 Å². The molecule has 0 heterocycles. The first kappa shape index (κ1) is 20.3. The Morgan fingerprint density at radius 3 is 1.83 bits per heavy atom. The number of hydrogen-bond acceptors (Lipinski definition) is 3. The van der Waals surface area contributed by atoms with E-state index in [-0.39, 0.29) is 5.75 Å². The highest BCUT2D eigenvalue weighted by Gasteiger charge is 2.56. The summed E-state index contributed by atoms with van der Waals surface area (Å²) >= 11 is 0. The molecule has 0 aliphatic rings. The van der Waals surface area contributed by atoms with Gasteiger partial charge in [-0.2, -0.15) is 43.5 Å². The van der Waals surface area contributed by atoms with Crippen LogP contribution in [-0.4, -0.2) is 32.6 Å². The highest BCUT2D eigenvalue weighted by Crippen LogP contribution is 2.38. The van der Waals surface area contributed by atoms with E-state index in [2.05, 4.69) is 4.74 Å². The maximum Gasteiger partial charge on any atom is 0.516 e. The molecule has 0 aromatic heterocycles. The molecule has 0 spiro atoms. The molecule has 0 fully saturated rings. The van der Waals surface area contributed by atoms with Crippen LogP contribution >= 0.6 is 0 Å². The summed E-state index contributed by atoms with van der Waals surface area (Å²) in [6, 6.07) is 3.45. The van der Waals surface area contributed by atoms with E-state index in [4.69, 9.17) is 0 Å². The zero-order valence-corrected chi connectivity index (χ0v) is 12.2. The van der Waals surface area contributed by atoms with E-state index < -0.39 is 46.3 Å². The summed E-state index contributed by atoms with van der Waals surface area (Å²) in [5, 5.41) is 0. The number of sulfonamides is 1. The summed E-state index contributed by atoms with van der Waals surface area (Å²) in [5.74, 6) is -5.18. The molecule has 0 unspecified atom stereocenters. The van der Waals surface area contributed by atoms with Crippen LogP contribution in [0.5, 0.6) is 5.75 Å². The number of nitrogens with one attached hydrogen (secondary N) is 1. The summed E-state index contributed by atoms with van der Waals surface area (Å²) in [7, 11) is -5.63. The first-order chi connectivity index (χ1) is 10.7. The molecule has 0 bridgehead atoms. The fraction of sp³-hybridized carbons (Fsp3) is 0.455. The monoisotopic (exact) mass is 387 g/mol. The molecule has 24 heavy (non-hydrogen) atoms. The molecule has 138 valence electrons. The highest BCUT2D eigenvalue weighted by atomic mass is 32.2. The summed E-state index contributed by atoms with van der Waals surface area (Å²) in [6.45, 7) is -1.01. The van der Waals surface area contributed by atoms with Crippen molar-refractivity contribution in [3.63, 3.8) is 0 Å². The molecular weight excluding hydrogens is 378 g/mol. The molecular formula is C11H9F8NO3S. The largest absolute Gasteiger partial charge is 0.516 e. The molecule has 1 aromatic carbocycles. The Hall–Kier alpha value is -1.79. The molecule has 0 atom stereocenters. The van der Waals surface area contributed by atoms with Gasteiger partial charge in [0.05, 0.1) is 13.0 Å². The molecule has 0 aliphatic heterocycles. The minimum atomic E-state index is -5.73. The summed E-state index contributed by atoms with van der Waals surface area (Å²) in [5.41, 5.74) is -6.04. The Labute approximate surface area is 130 Å². The van der Waals surface area contributed by atoms with Crippen LogP contribution in [0.4, 0.5) is 40.8 Å². The van der Waals surface area contributed by atoms with Crippen LogP contribution in [0.2, 0.25) is 0 Å². The van der Waals surface area contributed by atoms with Gasteiger partial charge in [-0.15, -0.1) is 0 Å². The van der Waals surface area contributed by atoms with Gasteiger partial charge in [-0.25, -0.2) is 0 Å². The Morgan fingerprint density at radius 1 is 0.917 bits per heavy atom. The summed E-state index contributed by atoms with van der Waals surface area (Å²) < 4.78 is 125. The number of rotatable bonds is 6. The van der Waals surface area contributed by atoms with Crippen molar-refractivity contribution in [1.29, 1.82) is 0 Å². The van der Waals surface area contributed by atoms with Gasteiger partial charge in [-0.3, -0.25) is 4.72 Å². The van der Waals surface area contributed by atoms with Gasteiger partial charge in [0.2, 0.25) is 0 Å². The molecule has 0 saturated carbocycles. The van der Waals surface area contributed by atoms with Crippen LogP contribution in [0.15, 0.2) is 24.3 Å². The SMILES string of the molecule is O=S(=O)(Nc1ccc(OCCC(F)(F)C(F)(F)F)cc1)C(F)(F)F.